The Morgan fingerprint density at radius 2 is 1.78 bits per heavy atom. The van der Waals surface area contributed by atoms with Gasteiger partial charge in [0.25, 0.3) is 0 Å². The Labute approximate surface area is 215 Å². The molecule has 184 valence electrons. The van der Waals surface area contributed by atoms with Crippen molar-refractivity contribution >= 4 is 52.6 Å². The van der Waals surface area contributed by atoms with E-state index >= 15 is 4.39 Å². The summed E-state index contributed by atoms with van der Waals surface area (Å²) in [6.07, 6.45) is 2.70. The highest BCUT2D eigenvalue weighted by molar-refractivity contribution is 7.69. The quantitative estimate of drug-likeness (QED) is 0.294. The summed E-state index contributed by atoms with van der Waals surface area (Å²) >= 11 is 12.5. The van der Waals surface area contributed by atoms with Crippen molar-refractivity contribution in [2.45, 2.75) is 19.9 Å². The lowest BCUT2D eigenvalue weighted by Crippen LogP contribution is -2.13. The molecule has 1 N–H and O–H groups in total. The molecule has 4 rings (SSSR count). The molecule has 7 nitrogen and oxygen atoms in total. The van der Waals surface area contributed by atoms with Crippen LogP contribution < -0.4 is 10.9 Å². The zero-order valence-corrected chi connectivity index (χ0v) is 22.0. The van der Waals surface area contributed by atoms with Gasteiger partial charge in [-0.05, 0) is 39.3 Å². The van der Waals surface area contributed by atoms with Gasteiger partial charge in [0.1, 0.15) is 24.2 Å². The van der Waals surface area contributed by atoms with Crippen LogP contribution in [-0.2, 0) is 4.57 Å². The van der Waals surface area contributed by atoms with Gasteiger partial charge in [-0.15, -0.1) is 0 Å². The maximum Gasteiger partial charge on any atom is 0.188 e. The maximum atomic E-state index is 15.1. The van der Waals surface area contributed by atoms with E-state index in [1.165, 1.54) is 43.9 Å². The number of aromatic nitrogens is 4. The fraction of sp³-hybridized carbons (Fsp3) is 0.208. The number of hydrogen-bond donors (Lipinski definition) is 1. The van der Waals surface area contributed by atoms with E-state index in [0.29, 0.717) is 11.4 Å². The molecular formula is C24H19Cl2F2N6OP. The molecule has 4 aromatic rings. The van der Waals surface area contributed by atoms with Gasteiger partial charge < -0.3 is 9.88 Å². The number of nitrogens with zero attached hydrogens (tertiary/aromatic N) is 5. The normalized spacial score (nSPS) is 12.4. The van der Waals surface area contributed by atoms with Crippen LogP contribution in [0.15, 0.2) is 30.6 Å². The number of halogens is 4. The minimum Gasteiger partial charge on any atom is -0.375 e. The smallest absolute Gasteiger partial charge is 0.188 e. The molecule has 0 bridgehead atoms. The lowest BCUT2D eigenvalue weighted by Gasteiger charge is -2.20. The number of pyridine rings is 2. The minimum absolute atomic E-state index is 0.0609. The van der Waals surface area contributed by atoms with Crippen LogP contribution in [-0.4, -0.2) is 33.3 Å². The highest BCUT2D eigenvalue weighted by atomic mass is 35.5. The van der Waals surface area contributed by atoms with Gasteiger partial charge in [0, 0.05) is 29.6 Å². The molecule has 0 unspecified atom stereocenters. The second-order valence-electron chi connectivity index (χ2n) is 8.53. The first kappa shape index (κ1) is 25.9. The molecular weight excluding hydrogens is 528 g/mol. The zero-order chi connectivity index (χ0) is 26.4. The van der Waals surface area contributed by atoms with E-state index in [2.05, 4.69) is 25.3 Å². The van der Waals surface area contributed by atoms with Gasteiger partial charge in [0.15, 0.2) is 11.4 Å². The number of benzene rings is 1. The number of fused-ring (bicyclic) bond motifs is 1. The summed E-state index contributed by atoms with van der Waals surface area (Å²) in [4.78, 5) is 17.0. The van der Waals surface area contributed by atoms with Gasteiger partial charge in [-0.2, -0.15) is 5.26 Å². The van der Waals surface area contributed by atoms with E-state index in [1.807, 2.05) is 6.07 Å². The summed E-state index contributed by atoms with van der Waals surface area (Å²) in [7, 11) is -2.69. The Balaban J connectivity index is 1.85. The van der Waals surface area contributed by atoms with Crippen LogP contribution in [0.1, 0.15) is 29.8 Å². The van der Waals surface area contributed by atoms with Gasteiger partial charge in [-0.1, -0.05) is 23.2 Å². The number of hydrogen-bond acceptors (Lipinski definition) is 7. The Kier molecular flexibility index (Phi) is 6.98. The van der Waals surface area contributed by atoms with E-state index in [1.54, 1.807) is 13.8 Å². The Hall–Kier alpha value is -3.18. The second-order valence-corrected chi connectivity index (χ2v) is 12.4. The van der Waals surface area contributed by atoms with Crippen molar-refractivity contribution in [3.05, 3.63) is 69.1 Å². The van der Waals surface area contributed by atoms with Crippen LogP contribution in [0.3, 0.4) is 0 Å². The molecule has 1 atom stereocenters. The fourth-order valence-corrected chi connectivity index (χ4v) is 4.69. The zero-order valence-electron chi connectivity index (χ0n) is 19.6. The largest absolute Gasteiger partial charge is 0.375 e. The molecule has 12 heteroatoms. The van der Waals surface area contributed by atoms with Crippen LogP contribution in [0.4, 0.5) is 14.5 Å². The van der Waals surface area contributed by atoms with Crippen molar-refractivity contribution in [3.63, 3.8) is 0 Å². The molecule has 0 aliphatic rings. The lowest BCUT2D eigenvalue weighted by atomic mass is 10.0. The van der Waals surface area contributed by atoms with Crippen LogP contribution in [0.25, 0.3) is 22.3 Å². The SMILES string of the molecule is Cc1nc2cc(F)c(-c3cnc(P(C)(C)=O)nc3)nc2c(N[C@H](C)c2cc(C#N)cc(Cl)c2F)c1Cl. The number of anilines is 1. The van der Waals surface area contributed by atoms with E-state index in [4.69, 9.17) is 23.2 Å². The summed E-state index contributed by atoms with van der Waals surface area (Å²) < 4.78 is 42.1. The molecule has 0 aliphatic heterocycles. The summed E-state index contributed by atoms with van der Waals surface area (Å²) in [5.74, 6) is -1.34. The van der Waals surface area contributed by atoms with Gasteiger partial charge in [0.2, 0.25) is 0 Å². The molecule has 0 aliphatic carbocycles. The highest BCUT2D eigenvalue weighted by Gasteiger charge is 2.22. The Bertz CT molecular complexity index is 1600. The molecule has 0 amide bonds. The standard InChI is InChI=1S/C24H19Cl2F2N6OP/c1-11(15-5-13(8-29)6-16(25)20(15)28)33-23-19(26)12(2)32-18-7-17(27)21(34-22(18)23)14-9-30-24(31-10-14)36(3,4)35/h5-7,9-11H,1-4H3,(H,32,33)/t11-/m1/s1. The monoisotopic (exact) mass is 546 g/mol. The van der Waals surface area contributed by atoms with Crippen molar-refractivity contribution < 1.29 is 13.3 Å². The van der Waals surface area contributed by atoms with Gasteiger partial charge in [-0.25, -0.2) is 28.7 Å². The highest BCUT2D eigenvalue weighted by Crippen LogP contribution is 2.37. The summed E-state index contributed by atoms with van der Waals surface area (Å²) in [5.41, 5.74) is 1.88. The second kappa shape index (κ2) is 9.70. The molecule has 0 fully saturated rings. The van der Waals surface area contributed by atoms with Crippen LogP contribution >= 0.6 is 30.3 Å². The van der Waals surface area contributed by atoms with E-state index < -0.39 is 24.8 Å². The van der Waals surface area contributed by atoms with Crippen LogP contribution in [0.5, 0.6) is 0 Å². The molecule has 0 saturated heterocycles. The van der Waals surface area contributed by atoms with Crippen LogP contribution in [0, 0.1) is 29.9 Å². The predicted molar refractivity (Wildman–Crippen MR) is 138 cm³/mol. The maximum absolute atomic E-state index is 15.1. The molecule has 1 aromatic carbocycles. The van der Waals surface area contributed by atoms with Crippen molar-refractivity contribution in [1.29, 1.82) is 5.26 Å². The van der Waals surface area contributed by atoms with Crippen molar-refractivity contribution in [2.75, 3.05) is 18.6 Å². The van der Waals surface area contributed by atoms with E-state index in [9.17, 15) is 14.2 Å². The third kappa shape index (κ3) is 4.90. The van der Waals surface area contributed by atoms with Crippen LogP contribution in [0.2, 0.25) is 10.0 Å². The van der Waals surface area contributed by atoms with E-state index in [0.717, 1.165) is 0 Å². The topological polar surface area (TPSA) is 104 Å². The predicted octanol–water partition coefficient (Wildman–Crippen LogP) is 6.27. The number of nitriles is 1. The minimum atomic E-state index is -2.69. The molecule has 3 aromatic heterocycles. The number of nitrogens with one attached hydrogen (secondary N) is 1. The first-order chi connectivity index (χ1) is 16.9. The van der Waals surface area contributed by atoms with Crippen molar-refractivity contribution in [2.24, 2.45) is 0 Å². The molecule has 36 heavy (non-hydrogen) atoms. The first-order valence-electron chi connectivity index (χ1n) is 10.6. The molecule has 0 radical (unpaired) electrons. The summed E-state index contributed by atoms with van der Waals surface area (Å²) in [5, 5.41) is 12.4. The molecule has 3 heterocycles. The van der Waals surface area contributed by atoms with Gasteiger partial charge >= 0.3 is 0 Å². The number of aryl methyl sites for hydroxylation is 1. The van der Waals surface area contributed by atoms with E-state index in [-0.39, 0.29) is 49.0 Å². The first-order valence-corrected chi connectivity index (χ1v) is 14.0. The summed E-state index contributed by atoms with van der Waals surface area (Å²) in [6.45, 7) is 6.39. The fourth-order valence-electron chi connectivity index (χ4n) is 3.60. The van der Waals surface area contributed by atoms with Crippen molar-refractivity contribution in [1.82, 2.24) is 19.9 Å². The number of rotatable bonds is 5. The third-order valence-electron chi connectivity index (χ3n) is 5.42. The molecule has 0 saturated carbocycles. The van der Waals surface area contributed by atoms with Gasteiger partial charge in [-0.3, -0.25) is 0 Å². The Morgan fingerprint density at radius 3 is 2.39 bits per heavy atom. The average Bonchev–Trinajstić information content (AvgIpc) is 2.82. The third-order valence-corrected chi connectivity index (χ3v) is 7.36. The molecule has 0 spiro atoms. The Morgan fingerprint density at radius 1 is 1.11 bits per heavy atom. The lowest BCUT2D eigenvalue weighted by molar-refractivity contribution is 0.587. The van der Waals surface area contributed by atoms with Gasteiger partial charge in [0.05, 0.1) is 44.6 Å². The van der Waals surface area contributed by atoms with Crippen molar-refractivity contribution in [3.8, 4) is 17.3 Å². The average molecular weight is 547 g/mol. The summed E-state index contributed by atoms with van der Waals surface area (Å²) in [6, 6.07) is 5.10.